The molecule has 1 heterocycles. The highest BCUT2D eigenvalue weighted by atomic mass is 16.6. The van der Waals surface area contributed by atoms with Crippen molar-refractivity contribution in [3.63, 3.8) is 0 Å². The lowest BCUT2D eigenvalue weighted by atomic mass is 10.1. The Kier molecular flexibility index (Phi) is 3.88. The molecule has 1 amide bonds. The minimum absolute atomic E-state index is 0.108. The standard InChI is InChI=1S/C12H18N2O2/c1-9(10-6-5-7-13-8-10)14-11(15)16-12(2,3)4/h5-9H,1-4H3,(H,14,15)/t9-/m1/s1. The Balaban J connectivity index is 2.52. The van der Waals surface area contributed by atoms with Crippen molar-refractivity contribution in [1.82, 2.24) is 10.3 Å². The van der Waals surface area contributed by atoms with Gasteiger partial charge in [-0.2, -0.15) is 0 Å². The van der Waals surface area contributed by atoms with E-state index in [1.54, 1.807) is 12.4 Å². The fourth-order valence-corrected chi connectivity index (χ4v) is 1.20. The minimum atomic E-state index is -0.473. The van der Waals surface area contributed by atoms with E-state index in [0.717, 1.165) is 5.56 Å². The third-order valence-corrected chi connectivity index (χ3v) is 1.92. The second kappa shape index (κ2) is 4.96. The summed E-state index contributed by atoms with van der Waals surface area (Å²) in [6, 6.07) is 3.64. The van der Waals surface area contributed by atoms with Gasteiger partial charge in [-0.25, -0.2) is 4.79 Å². The highest BCUT2D eigenvalue weighted by Gasteiger charge is 2.18. The third-order valence-electron chi connectivity index (χ3n) is 1.92. The predicted molar refractivity (Wildman–Crippen MR) is 62.0 cm³/mol. The van der Waals surface area contributed by atoms with Crippen LogP contribution in [0.25, 0.3) is 0 Å². The molecule has 0 aliphatic carbocycles. The topological polar surface area (TPSA) is 51.2 Å². The zero-order valence-electron chi connectivity index (χ0n) is 10.2. The lowest BCUT2D eigenvalue weighted by molar-refractivity contribution is 0.0508. The Morgan fingerprint density at radius 2 is 2.19 bits per heavy atom. The van der Waals surface area contributed by atoms with Gasteiger partial charge in [0.2, 0.25) is 0 Å². The summed E-state index contributed by atoms with van der Waals surface area (Å²) in [7, 11) is 0. The molecule has 4 nitrogen and oxygen atoms in total. The normalized spacial score (nSPS) is 13.0. The van der Waals surface area contributed by atoms with Crippen LogP contribution in [0.4, 0.5) is 4.79 Å². The van der Waals surface area contributed by atoms with Gasteiger partial charge >= 0.3 is 6.09 Å². The molecular formula is C12H18N2O2. The first-order chi connectivity index (χ1) is 7.38. The maximum atomic E-state index is 11.5. The number of amides is 1. The minimum Gasteiger partial charge on any atom is -0.444 e. The number of ether oxygens (including phenoxy) is 1. The number of nitrogens with one attached hydrogen (secondary N) is 1. The summed E-state index contributed by atoms with van der Waals surface area (Å²) in [5, 5.41) is 2.75. The van der Waals surface area contributed by atoms with Crippen LogP contribution >= 0.6 is 0 Å². The van der Waals surface area contributed by atoms with Crippen molar-refractivity contribution in [2.45, 2.75) is 39.3 Å². The van der Waals surface area contributed by atoms with Crippen molar-refractivity contribution in [3.8, 4) is 0 Å². The number of rotatable bonds is 2. The van der Waals surface area contributed by atoms with Crippen molar-refractivity contribution in [2.24, 2.45) is 0 Å². The van der Waals surface area contributed by atoms with Crippen LogP contribution in [0.2, 0.25) is 0 Å². The summed E-state index contributed by atoms with van der Waals surface area (Å²) in [6.45, 7) is 7.39. The Morgan fingerprint density at radius 1 is 1.50 bits per heavy atom. The molecule has 0 bridgehead atoms. The second-order valence-corrected chi connectivity index (χ2v) is 4.65. The smallest absolute Gasteiger partial charge is 0.408 e. The van der Waals surface area contributed by atoms with Crippen LogP contribution in [-0.4, -0.2) is 16.7 Å². The fraction of sp³-hybridized carbons (Fsp3) is 0.500. The van der Waals surface area contributed by atoms with Crippen LogP contribution in [0.15, 0.2) is 24.5 Å². The maximum Gasteiger partial charge on any atom is 0.408 e. The quantitative estimate of drug-likeness (QED) is 0.837. The number of carbonyl (C=O) groups excluding carboxylic acids is 1. The van der Waals surface area contributed by atoms with E-state index < -0.39 is 11.7 Å². The SMILES string of the molecule is C[C@@H](NC(=O)OC(C)(C)C)c1cccnc1. The third kappa shape index (κ3) is 4.29. The molecule has 0 spiro atoms. The van der Waals surface area contributed by atoms with E-state index in [1.165, 1.54) is 0 Å². The summed E-state index contributed by atoms with van der Waals surface area (Å²) >= 11 is 0. The number of pyridine rings is 1. The second-order valence-electron chi connectivity index (χ2n) is 4.65. The van der Waals surface area contributed by atoms with E-state index in [0.29, 0.717) is 0 Å². The molecule has 4 heteroatoms. The lowest BCUT2D eigenvalue weighted by Gasteiger charge is -2.21. The molecule has 0 radical (unpaired) electrons. The summed E-state index contributed by atoms with van der Waals surface area (Å²) in [5.41, 5.74) is 0.479. The number of hydrogen-bond acceptors (Lipinski definition) is 3. The maximum absolute atomic E-state index is 11.5. The van der Waals surface area contributed by atoms with Gasteiger partial charge in [-0.05, 0) is 39.3 Å². The van der Waals surface area contributed by atoms with Crippen molar-refractivity contribution in [1.29, 1.82) is 0 Å². The van der Waals surface area contributed by atoms with Crippen LogP contribution in [0.5, 0.6) is 0 Å². The number of hydrogen-bond donors (Lipinski definition) is 1. The molecule has 88 valence electrons. The van der Waals surface area contributed by atoms with Gasteiger partial charge in [0.1, 0.15) is 5.60 Å². The number of carbonyl (C=O) groups is 1. The summed E-state index contributed by atoms with van der Waals surface area (Å²) in [4.78, 5) is 15.5. The van der Waals surface area contributed by atoms with E-state index in [-0.39, 0.29) is 6.04 Å². The molecule has 16 heavy (non-hydrogen) atoms. The van der Waals surface area contributed by atoms with E-state index in [1.807, 2.05) is 39.8 Å². The first-order valence-electron chi connectivity index (χ1n) is 5.28. The molecule has 0 aliphatic heterocycles. The molecule has 1 aromatic heterocycles. The molecule has 1 atom stereocenters. The molecule has 1 N–H and O–H groups in total. The summed E-state index contributed by atoms with van der Waals surface area (Å²) < 4.78 is 5.16. The van der Waals surface area contributed by atoms with Gasteiger partial charge in [0.25, 0.3) is 0 Å². The van der Waals surface area contributed by atoms with Gasteiger partial charge in [-0.3, -0.25) is 4.98 Å². The van der Waals surface area contributed by atoms with E-state index in [2.05, 4.69) is 10.3 Å². The van der Waals surface area contributed by atoms with Crippen LogP contribution in [0.1, 0.15) is 39.3 Å². The average Bonchev–Trinajstić information content (AvgIpc) is 2.16. The van der Waals surface area contributed by atoms with Crippen LogP contribution in [-0.2, 0) is 4.74 Å². The Morgan fingerprint density at radius 3 is 2.69 bits per heavy atom. The highest BCUT2D eigenvalue weighted by molar-refractivity contribution is 5.68. The first kappa shape index (κ1) is 12.5. The Labute approximate surface area is 96.0 Å². The molecule has 0 fully saturated rings. The van der Waals surface area contributed by atoms with Crippen molar-refractivity contribution in [3.05, 3.63) is 30.1 Å². The zero-order valence-corrected chi connectivity index (χ0v) is 10.2. The van der Waals surface area contributed by atoms with Gasteiger partial charge < -0.3 is 10.1 Å². The van der Waals surface area contributed by atoms with Gasteiger partial charge in [-0.15, -0.1) is 0 Å². The van der Waals surface area contributed by atoms with Crippen LogP contribution < -0.4 is 5.32 Å². The summed E-state index contributed by atoms with van der Waals surface area (Å²) in [6.07, 6.45) is 3.01. The van der Waals surface area contributed by atoms with Gasteiger partial charge in [0.15, 0.2) is 0 Å². The van der Waals surface area contributed by atoms with Gasteiger partial charge in [0, 0.05) is 12.4 Å². The van der Waals surface area contributed by atoms with E-state index >= 15 is 0 Å². The Hall–Kier alpha value is -1.58. The molecule has 0 unspecified atom stereocenters. The number of alkyl carbamates (subject to hydrolysis) is 1. The molecule has 1 rings (SSSR count). The largest absolute Gasteiger partial charge is 0.444 e. The van der Waals surface area contributed by atoms with Gasteiger partial charge in [0.05, 0.1) is 6.04 Å². The van der Waals surface area contributed by atoms with E-state index in [4.69, 9.17) is 4.74 Å². The first-order valence-corrected chi connectivity index (χ1v) is 5.28. The van der Waals surface area contributed by atoms with E-state index in [9.17, 15) is 4.79 Å². The number of nitrogens with zero attached hydrogens (tertiary/aromatic N) is 1. The molecular weight excluding hydrogens is 204 g/mol. The zero-order chi connectivity index (χ0) is 12.2. The lowest BCUT2D eigenvalue weighted by Crippen LogP contribution is -2.34. The monoisotopic (exact) mass is 222 g/mol. The van der Waals surface area contributed by atoms with Crippen molar-refractivity contribution < 1.29 is 9.53 Å². The predicted octanol–water partition coefficient (Wildman–Crippen LogP) is 2.67. The van der Waals surface area contributed by atoms with Crippen LogP contribution in [0.3, 0.4) is 0 Å². The van der Waals surface area contributed by atoms with Crippen LogP contribution in [0, 0.1) is 0 Å². The highest BCUT2D eigenvalue weighted by Crippen LogP contribution is 2.12. The van der Waals surface area contributed by atoms with Gasteiger partial charge in [-0.1, -0.05) is 6.07 Å². The fourth-order valence-electron chi connectivity index (χ4n) is 1.20. The molecule has 0 aliphatic rings. The molecule has 0 aromatic carbocycles. The summed E-state index contributed by atoms with van der Waals surface area (Å²) in [5.74, 6) is 0. The average molecular weight is 222 g/mol. The molecule has 0 saturated heterocycles. The van der Waals surface area contributed by atoms with Crippen molar-refractivity contribution >= 4 is 6.09 Å². The Bertz CT molecular complexity index is 344. The molecule has 0 saturated carbocycles. The van der Waals surface area contributed by atoms with Crippen molar-refractivity contribution in [2.75, 3.05) is 0 Å². The number of aromatic nitrogens is 1. The molecule has 1 aromatic rings.